The van der Waals surface area contributed by atoms with E-state index in [1.54, 1.807) is 4.57 Å². The maximum Gasteiger partial charge on any atom is 0.392 e. The molecule has 0 spiro atoms. The number of hydrogen-bond donors (Lipinski definition) is 1. The van der Waals surface area contributed by atoms with Gasteiger partial charge in [-0.3, -0.25) is 4.79 Å². The Hall–Kier alpha value is -1.60. The van der Waals surface area contributed by atoms with Crippen LogP contribution in [0.25, 0.3) is 0 Å². The van der Waals surface area contributed by atoms with Crippen LogP contribution in [0.1, 0.15) is 43.8 Å². The summed E-state index contributed by atoms with van der Waals surface area (Å²) in [4.78, 5) is 12.0. The molecule has 0 radical (unpaired) electrons. The number of nitrogens with one attached hydrogen (secondary N) is 1. The van der Waals surface area contributed by atoms with Crippen molar-refractivity contribution in [1.29, 1.82) is 0 Å². The molecule has 22 heavy (non-hydrogen) atoms. The summed E-state index contributed by atoms with van der Waals surface area (Å²) in [6.07, 6.45) is -0.290. The predicted octanol–water partition coefficient (Wildman–Crippen LogP) is 2.21. The van der Waals surface area contributed by atoms with Gasteiger partial charge in [0.15, 0.2) is 5.82 Å². The molecule has 8 heteroatoms. The summed E-state index contributed by atoms with van der Waals surface area (Å²) >= 11 is 0. The van der Waals surface area contributed by atoms with Crippen LogP contribution in [-0.4, -0.2) is 26.8 Å². The number of halogens is 3. The van der Waals surface area contributed by atoms with Crippen LogP contribution in [0.5, 0.6) is 0 Å². The lowest BCUT2D eigenvalue weighted by Gasteiger charge is -2.25. The second-order valence-corrected chi connectivity index (χ2v) is 6.11. The van der Waals surface area contributed by atoms with Crippen LogP contribution in [0.15, 0.2) is 0 Å². The first kappa shape index (κ1) is 15.3. The van der Waals surface area contributed by atoms with Crippen molar-refractivity contribution in [1.82, 2.24) is 20.1 Å². The first-order chi connectivity index (χ1) is 10.4. The van der Waals surface area contributed by atoms with E-state index in [1.165, 1.54) is 0 Å². The topological polar surface area (TPSA) is 59.8 Å². The van der Waals surface area contributed by atoms with Crippen LogP contribution in [-0.2, 0) is 24.3 Å². The summed E-state index contributed by atoms with van der Waals surface area (Å²) in [6.45, 7) is 0.486. The SMILES string of the molecule is O=C(NCc1nnc2n1CC[C@H](C(F)(F)F)C2)C1CCCC1. The first-order valence-corrected chi connectivity index (χ1v) is 7.70. The molecule has 122 valence electrons. The molecule has 2 aliphatic rings. The first-order valence-electron chi connectivity index (χ1n) is 7.70. The highest BCUT2D eigenvalue weighted by atomic mass is 19.4. The number of amides is 1. The molecule has 3 rings (SSSR count). The van der Waals surface area contributed by atoms with Crippen LogP contribution in [0, 0.1) is 11.8 Å². The van der Waals surface area contributed by atoms with E-state index in [9.17, 15) is 18.0 Å². The maximum atomic E-state index is 12.8. The lowest BCUT2D eigenvalue weighted by atomic mass is 9.97. The van der Waals surface area contributed by atoms with Crippen molar-refractivity contribution in [2.45, 2.75) is 57.8 Å². The standard InChI is InChI=1S/C14H19F3N4O/c15-14(16,17)10-5-6-21-11(7-10)19-20-12(21)8-18-13(22)9-3-1-2-4-9/h9-10H,1-8H2,(H,18,22)/t10-/m0/s1. The van der Waals surface area contributed by atoms with Gasteiger partial charge < -0.3 is 9.88 Å². The van der Waals surface area contributed by atoms with Gasteiger partial charge in [0.25, 0.3) is 0 Å². The minimum Gasteiger partial charge on any atom is -0.349 e. The van der Waals surface area contributed by atoms with Crippen LogP contribution >= 0.6 is 0 Å². The van der Waals surface area contributed by atoms with Crippen molar-refractivity contribution in [3.63, 3.8) is 0 Å². The quantitative estimate of drug-likeness (QED) is 0.930. The number of rotatable bonds is 3. The summed E-state index contributed by atoms with van der Waals surface area (Å²) in [5, 5.41) is 10.6. The Kier molecular flexibility index (Phi) is 4.10. The van der Waals surface area contributed by atoms with Gasteiger partial charge in [0.2, 0.25) is 5.91 Å². The molecule has 1 aliphatic heterocycles. The Bertz CT molecular complexity index is 549. The Morgan fingerprint density at radius 2 is 1.95 bits per heavy atom. The molecular formula is C14H19F3N4O. The van der Waals surface area contributed by atoms with E-state index in [1.807, 2.05) is 0 Å². The number of fused-ring (bicyclic) bond motifs is 1. The molecule has 1 aliphatic carbocycles. The summed E-state index contributed by atoms with van der Waals surface area (Å²) in [5.41, 5.74) is 0. The zero-order chi connectivity index (χ0) is 15.7. The van der Waals surface area contributed by atoms with Gasteiger partial charge >= 0.3 is 6.18 Å². The molecule has 1 atom stereocenters. The number of carbonyl (C=O) groups excluding carboxylic acids is 1. The molecule has 0 aromatic carbocycles. The number of carbonyl (C=O) groups is 1. The number of nitrogens with zero attached hydrogens (tertiary/aromatic N) is 3. The molecular weight excluding hydrogens is 297 g/mol. The van der Waals surface area contributed by atoms with Gasteiger partial charge in [0.05, 0.1) is 12.5 Å². The highest BCUT2D eigenvalue weighted by Gasteiger charge is 2.42. The second kappa shape index (κ2) is 5.89. The fourth-order valence-electron chi connectivity index (χ4n) is 3.30. The van der Waals surface area contributed by atoms with E-state index in [-0.39, 0.29) is 37.8 Å². The van der Waals surface area contributed by atoms with Crippen molar-refractivity contribution in [2.75, 3.05) is 0 Å². The van der Waals surface area contributed by atoms with Gasteiger partial charge in [0, 0.05) is 18.9 Å². The van der Waals surface area contributed by atoms with Gasteiger partial charge in [-0.1, -0.05) is 12.8 Å². The summed E-state index contributed by atoms with van der Waals surface area (Å²) in [5.74, 6) is -0.358. The molecule has 0 bridgehead atoms. The lowest BCUT2D eigenvalue weighted by molar-refractivity contribution is -0.179. The molecule has 1 N–H and O–H groups in total. The fourth-order valence-corrected chi connectivity index (χ4v) is 3.30. The van der Waals surface area contributed by atoms with E-state index < -0.39 is 12.1 Å². The minimum absolute atomic E-state index is 0.0128. The molecule has 1 aromatic rings. The number of hydrogen-bond acceptors (Lipinski definition) is 3. The molecule has 2 heterocycles. The zero-order valence-corrected chi connectivity index (χ0v) is 12.2. The zero-order valence-electron chi connectivity index (χ0n) is 12.2. The second-order valence-electron chi connectivity index (χ2n) is 6.11. The molecule has 1 aromatic heterocycles. The average molecular weight is 316 g/mol. The predicted molar refractivity (Wildman–Crippen MR) is 71.7 cm³/mol. The summed E-state index contributed by atoms with van der Waals surface area (Å²) in [6, 6.07) is 0. The summed E-state index contributed by atoms with van der Waals surface area (Å²) < 4.78 is 40.0. The van der Waals surface area contributed by atoms with E-state index in [4.69, 9.17) is 0 Å². The largest absolute Gasteiger partial charge is 0.392 e. The van der Waals surface area contributed by atoms with E-state index >= 15 is 0 Å². The van der Waals surface area contributed by atoms with Crippen LogP contribution in [0.3, 0.4) is 0 Å². The monoisotopic (exact) mass is 316 g/mol. The smallest absolute Gasteiger partial charge is 0.349 e. The Balaban J connectivity index is 1.60. The third-order valence-corrected chi connectivity index (χ3v) is 4.64. The van der Waals surface area contributed by atoms with Crippen molar-refractivity contribution >= 4 is 5.91 Å². The van der Waals surface area contributed by atoms with Crippen LogP contribution < -0.4 is 5.32 Å². The van der Waals surface area contributed by atoms with Gasteiger partial charge in [0.1, 0.15) is 5.82 Å². The average Bonchev–Trinajstić information content (AvgIpc) is 3.13. The van der Waals surface area contributed by atoms with Gasteiger partial charge in [-0.05, 0) is 19.3 Å². The molecule has 1 saturated carbocycles. The minimum atomic E-state index is -4.19. The molecule has 0 unspecified atom stereocenters. The number of alkyl halides is 3. The number of aromatic nitrogens is 3. The molecule has 1 amide bonds. The summed E-state index contributed by atoms with van der Waals surface area (Å²) in [7, 11) is 0. The van der Waals surface area contributed by atoms with Gasteiger partial charge in [-0.15, -0.1) is 10.2 Å². The van der Waals surface area contributed by atoms with Crippen LogP contribution in [0.4, 0.5) is 13.2 Å². The Labute approximate surface area is 126 Å². The highest BCUT2D eigenvalue weighted by Crippen LogP contribution is 2.34. The van der Waals surface area contributed by atoms with Crippen molar-refractivity contribution in [2.24, 2.45) is 11.8 Å². The van der Waals surface area contributed by atoms with E-state index in [2.05, 4.69) is 15.5 Å². The van der Waals surface area contributed by atoms with E-state index in [0.29, 0.717) is 11.6 Å². The van der Waals surface area contributed by atoms with Crippen molar-refractivity contribution < 1.29 is 18.0 Å². The lowest BCUT2D eigenvalue weighted by Crippen LogP contribution is -2.33. The Morgan fingerprint density at radius 3 is 2.64 bits per heavy atom. The van der Waals surface area contributed by atoms with Gasteiger partial charge in [-0.25, -0.2) is 0 Å². The normalized spacial score (nSPS) is 22.6. The third kappa shape index (κ3) is 3.10. The maximum absolute atomic E-state index is 12.8. The molecule has 1 fully saturated rings. The fraction of sp³-hybridized carbons (Fsp3) is 0.786. The third-order valence-electron chi connectivity index (χ3n) is 4.64. The van der Waals surface area contributed by atoms with Crippen molar-refractivity contribution in [3.05, 3.63) is 11.6 Å². The molecule has 5 nitrogen and oxygen atoms in total. The van der Waals surface area contributed by atoms with Crippen LogP contribution in [0.2, 0.25) is 0 Å². The molecule has 0 saturated heterocycles. The highest BCUT2D eigenvalue weighted by molar-refractivity contribution is 5.78. The van der Waals surface area contributed by atoms with Crippen molar-refractivity contribution in [3.8, 4) is 0 Å². The van der Waals surface area contributed by atoms with Gasteiger partial charge in [-0.2, -0.15) is 13.2 Å². The Morgan fingerprint density at radius 1 is 1.23 bits per heavy atom. The van der Waals surface area contributed by atoms with E-state index in [0.717, 1.165) is 25.7 Å².